The molecule has 10 nitrogen and oxygen atoms in total. The van der Waals surface area contributed by atoms with Gasteiger partial charge < -0.3 is 19.9 Å². The van der Waals surface area contributed by atoms with Crippen molar-refractivity contribution >= 4 is 6.21 Å². The van der Waals surface area contributed by atoms with Gasteiger partial charge in [-0.25, -0.2) is 9.36 Å². The predicted molar refractivity (Wildman–Crippen MR) is 109 cm³/mol. The maximum absolute atomic E-state index is 12.4. The maximum atomic E-state index is 12.4. The zero-order valence-corrected chi connectivity index (χ0v) is 16.5. The number of rotatable bonds is 7. The number of H-pyrrole nitrogens is 1. The summed E-state index contributed by atoms with van der Waals surface area (Å²) in [5.41, 5.74) is -1.37. The highest BCUT2D eigenvalue weighted by Gasteiger charge is 2.18. The zero-order chi connectivity index (χ0) is 20.8. The van der Waals surface area contributed by atoms with Gasteiger partial charge >= 0.3 is 5.69 Å². The number of hydrogen-bond acceptors (Lipinski definition) is 8. The Morgan fingerprint density at radius 3 is 2.66 bits per heavy atom. The molecule has 0 atom stereocenters. The molecule has 1 aliphatic heterocycles. The van der Waals surface area contributed by atoms with E-state index < -0.39 is 17.1 Å². The molecule has 0 radical (unpaired) electrons. The second-order valence-electron chi connectivity index (χ2n) is 6.50. The Labute approximate surface area is 167 Å². The number of aromatic amines is 1. The van der Waals surface area contributed by atoms with E-state index in [0.717, 1.165) is 37.3 Å². The minimum absolute atomic E-state index is 0.102. The monoisotopic (exact) mass is 403 g/mol. The molecule has 1 fully saturated rings. The van der Waals surface area contributed by atoms with Gasteiger partial charge in [0.05, 0.1) is 26.5 Å². The van der Waals surface area contributed by atoms with Gasteiger partial charge in [-0.05, 0) is 12.1 Å². The van der Waals surface area contributed by atoms with E-state index in [1.165, 1.54) is 26.5 Å². The second kappa shape index (κ2) is 9.39. The number of benzene rings is 1. The summed E-state index contributed by atoms with van der Waals surface area (Å²) >= 11 is 0. The molecule has 1 aromatic carbocycles. The first-order valence-corrected chi connectivity index (χ1v) is 9.28. The van der Waals surface area contributed by atoms with Gasteiger partial charge in [-0.1, -0.05) is 0 Å². The third kappa shape index (κ3) is 4.66. The molecule has 0 aliphatic carbocycles. The molecule has 1 aliphatic rings. The van der Waals surface area contributed by atoms with Crippen LogP contribution in [0, 0.1) is 0 Å². The normalized spacial score (nSPS) is 15.0. The SMILES string of the molecule is COc1ccc(OC)c(-n2c(O)c(C=NCCN3CCNCC3)c(=O)[nH]c2=O)c1. The van der Waals surface area contributed by atoms with Crippen molar-refractivity contribution in [1.82, 2.24) is 19.8 Å². The number of aromatic nitrogens is 2. The van der Waals surface area contributed by atoms with Crippen molar-refractivity contribution < 1.29 is 14.6 Å². The lowest BCUT2D eigenvalue weighted by Gasteiger charge is -2.26. The molecule has 1 aromatic heterocycles. The molecule has 1 saturated heterocycles. The fourth-order valence-corrected chi connectivity index (χ4v) is 3.14. The summed E-state index contributed by atoms with van der Waals surface area (Å²) in [5, 5.41) is 14.0. The van der Waals surface area contributed by atoms with E-state index in [1.807, 2.05) is 0 Å². The molecule has 3 rings (SSSR count). The molecule has 0 bridgehead atoms. The number of nitrogens with zero attached hydrogens (tertiary/aromatic N) is 3. The standard InChI is InChI=1S/C19H25N5O5/c1-28-13-3-4-16(29-2)15(11-13)24-18(26)14(17(25)22-19(24)27)12-21-7-10-23-8-5-20-6-9-23/h3-4,11-12,20,26H,5-10H2,1-2H3,(H,22,25,27). The fourth-order valence-electron chi connectivity index (χ4n) is 3.14. The van der Waals surface area contributed by atoms with E-state index in [-0.39, 0.29) is 11.3 Å². The Morgan fingerprint density at radius 2 is 1.97 bits per heavy atom. The van der Waals surface area contributed by atoms with Gasteiger partial charge in [-0.15, -0.1) is 0 Å². The Bertz CT molecular complexity index is 991. The number of nitrogens with one attached hydrogen (secondary N) is 2. The first-order chi connectivity index (χ1) is 14.0. The van der Waals surface area contributed by atoms with Crippen molar-refractivity contribution in [3.63, 3.8) is 0 Å². The minimum Gasteiger partial charge on any atom is -0.497 e. The van der Waals surface area contributed by atoms with Gasteiger partial charge in [-0.3, -0.25) is 19.7 Å². The van der Waals surface area contributed by atoms with Crippen LogP contribution in [0.15, 0.2) is 32.8 Å². The molecule has 0 saturated carbocycles. The summed E-state index contributed by atoms with van der Waals surface area (Å²) in [4.78, 5) is 33.4. The molecule has 29 heavy (non-hydrogen) atoms. The first-order valence-electron chi connectivity index (χ1n) is 9.28. The first kappa shape index (κ1) is 20.6. The largest absolute Gasteiger partial charge is 0.497 e. The number of piperazine rings is 1. The van der Waals surface area contributed by atoms with Crippen LogP contribution < -0.4 is 26.0 Å². The van der Waals surface area contributed by atoms with Crippen LogP contribution in [-0.4, -0.2) is 79.3 Å². The van der Waals surface area contributed by atoms with Crippen molar-refractivity contribution in [3.8, 4) is 23.1 Å². The minimum atomic E-state index is -0.794. The summed E-state index contributed by atoms with van der Waals surface area (Å²) in [6.45, 7) is 5.00. The maximum Gasteiger partial charge on any atom is 0.335 e. The highest BCUT2D eigenvalue weighted by molar-refractivity contribution is 5.82. The Hall–Kier alpha value is -3.11. The highest BCUT2D eigenvalue weighted by Crippen LogP contribution is 2.29. The number of hydrogen-bond donors (Lipinski definition) is 3. The van der Waals surface area contributed by atoms with Gasteiger partial charge in [0.15, 0.2) is 0 Å². The molecule has 0 unspecified atom stereocenters. The molecule has 0 spiro atoms. The van der Waals surface area contributed by atoms with E-state index in [0.29, 0.717) is 18.0 Å². The van der Waals surface area contributed by atoms with Crippen LogP contribution in [0.25, 0.3) is 5.69 Å². The van der Waals surface area contributed by atoms with E-state index in [1.54, 1.807) is 12.1 Å². The van der Waals surface area contributed by atoms with Crippen LogP contribution in [0.1, 0.15) is 5.56 Å². The number of methoxy groups -OCH3 is 2. The molecule has 10 heteroatoms. The smallest absolute Gasteiger partial charge is 0.335 e. The third-order valence-electron chi connectivity index (χ3n) is 4.72. The van der Waals surface area contributed by atoms with E-state index in [2.05, 4.69) is 20.2 Å². The summed E-state index contributed by atoms with van der Waals surface area (Å²) < 4.78 is 11.4. The van der Waals surface area contributed by atoms with Crippen LogP contribution in [0.5, 0.6) is 17.4 Å². The van der Waals surface area contributed by atoms with Crippen molar-refractivity contribution in [1.29, 1.82) is 0 Å². The quantitative estimate of drug-likeness (QED) is 0.537. The van der Waals surface area contributed by atoms with Crippen LogP contribution in [0.4, 0.5) is 0 Å². The van der Waals surface area contributed by atoms with E-state index >= 15 is 0 Å². The molecular weight excluding hydrogens is 378 g/mol. The van der Waals surface area contributed by atoms with Crippen molar-refractivity contribution in [2.75, 3.05) is 53.5 Å². The highest BCUT2D eigenvalue weighted by atomic mass is 16.5. The van der Waals surface area contributed by atoms with Gasteiger partial charge in [-0.2, -0.15) is 0 Å². The van der Waals surface area contributed by atoms with Gasteiger partial charge in [0.2, 0.25) is 5.88 Å². The topological polar surface area (TPSA) is 121 Å². The second-order valence-corrected chi connectivity index (χ2v) is 6.50. The summed E-state index contributed by atoms with van der Waals surface area (Å²) in [5.74, 6) is 0.276. The Morgan fingerprint density at radius 1 is 1.21 bits per heavy atom. The number of aliphatic imine (C=N–C) groups is 1. The van der Waals surface area contributed by atoms with Gasteiger partial charge in [0, 0.05) is 45.0 Å². The fraction of sp³-hybridized carbons (Fsp3) is 0.421. The van der Waals surface area contributed by atoms with Crippen LogP contribution >= 0.6 is 0 Å². The average molecular weight is 403 g/mol. The average Bonchev–Trinajstić information content (AvgIpc) is 2.73. The molecule has 0 amide bonds. The number of ether oxygens (including phenoxy) is 2. The zero-order valence-electron chi connectivity index (χ0n) is 16.5. The summed E-state index contributed by atoms with van der Waals surface area (Å²) in [6.07, 6.45) is 1.29. The molecule has 2 aromatic rings. The molecule has 156 valence electrons. The predicted octanol–water partition coefficient (Wildman–Crippen LogP) is -0.427. The lowest BCUT2D eigenvalue weighted by molar-refractivity contribution is 0.248. The molecule has 2 heterocycles. The van der Waals surface area contributed by atoms with Crippen molar-refractivity contribution in [2.24, 2.45) is 4.99 Å². The van der Waals surface area contributed by atoms with Gasteiger partial charge in [0.25, 0.3) is 5.56 Å². The Kier molecular flexibility index (Phi) is 6.68. The number of aromatic hydroxyl groups is 1. The summed E-state index contributed by atoms with van der Waals surface area (Å²) in [6, 6.07) is 4.80. The summed E-state index contributed by atoms with van der Waals surface area (Å²) in [7, 11) is 2.93. The van der Waals surface area contributed by atoms with E-state index in [4.69, 9.17) is 9.47 Å². The van der Waals surface area contributed by atoms with Gasteiger partial charge in [0.1, 0.15) is 17.1 Å². The lowest BCUT2D eigenvalue weighted by Crippen LogP contribution is -2.44. The van der Waals surface area contributed by atoms with Crippen LogP contribution in [0.2, 0.25) is 0 Å². The Balaban J connectivity index is 1.92. The van der Waals surface area contributed by atoms with Crippen molar-refractivity contribution in [2.45, 2.75) is 0 Å². The van der Waals surface area contributed by atoms with Crippen molar-refractivity contribution in [3.05, 3.63) is 44.6 Å². The molecule has 3 N–H and O–H groups in total. The molecular formula is C19H25N5O5. The van der Waals surface area contributed by atoms with Crippen LogP contribution in [-0.2, 0) is 0 Å². The third-order valence-corrected chi connectivity index (χ3v) is 4.72. The lowest BCUT2D eigenvalue weighted by atomic mass is 10.2. The van der Waals surface area contributed by atoms with Crippen LogP contribution in [0.3, 0.4) is 0 Å². The van der Waals surface area contributed by atoms with E-state index in [9.17, 15) is 14.7 Å².